The van der Waals surface area contributed by atoms with Crippen molar-refractivity contribution in [3.05, 3.63) is 54.3 Å². The molecule has 1 amide bonds. The van der Waals surface area contributed by atoms with Crippen molar-refractivity contribution in [1.82, 2.24) is 0 Å². The van der Waals surface area contributed by atoms with Crippen LogP contribution in [0, 0.1) is 5.82 Å². The summed E-state index contributed by atoms with van der Waals surface area (Å²) in [6.07, 6.45) is 0. The van der Waals surface area contributed by atoms with E-state index in [1.807, 2.05) is 6.92 Å². The smallest absolute Gasteiger partial charge is 0.264 e. The Bertz CT molecular complexity index is 631. The predicted molar refractivity (Wildman–Crippen MR) is 80.8 cm³/mol. The van der Waals surface area contributed by atoms with Gasteiger partial charge in [0.25, 0.3) is 5.91 Å². The van der Waals surface area contributed by atoms with Gasteiger partial charge in [0.15, 0.2) is 6.61 Å². The number of rotatable bonds is 5. The number of hydrogen-bond donors (Lipinski definition) is 1. The van der Waals surface area contributed by atoms with Crippen LogP contribution in [-0.4, -0.2) is 19.1 Å². The molecule has 4 nitrogen and oxygen atoms in total. The Labute approximate surface area is 122 Å². The van der Waals surface area contributed by atoms with Gasteiger partial charge in [0.2, 0.25) is 0 Å². The average molecular weight is 288 g/mol. The monoisotopic (exact) mass is 288 g/mol. The van der Waals surface area contributed by atoms with Crippen molar-refractivity contribution in [2.45, 2.75) is 6.92 Å². The summed E-state index contributed by atoms with van der Waals surface area (Å²) in [4.78, 5) is 13.7. The number of halogens is 1. The molecule has 2 rings (SSSR count). The van der Waals surface area contributed by atoms with E-state index in [4.69, 9.17) is 10.5 Å². The van der Waals surface area contributed by atoms with E-state index >= 15 is 0 Å². The Morgan fingerprint density at radius 2 is 2.00 bits per heavy atom. The second-order valence-electron chi connectivity index (χ2n) is 4.44. The summed E-state index contributed by atoms with van der Waals surface area (Å²) >= 11 is 0. The zero-order chi connectivity index (χ0) is 15.2. The molecule has 0 fully saturated rings. The summed E-state index contributed by atoms with van der Waals surface area (Å²) in [6.45, 7) is 2.09. The van der Waals surface area contributed by atoms with Crippen LogP contribution in [0.1, 0.15) is 6.92 Å². The molecule has 0 aliphatic carbocycles. The van der Waals surface area contributed by atoms with Gasteiger partial charge in [-0.25, -0.2) is 4.39 Å². The summed E-state index contributed by atoms with van der Waals surface area (Å²) < 4.78 is 18.7. The molecule has 0 spiro atoms. The van der Waals surface area contributed by atoms with Crippen molar-refractivity contribution in [2.24, 2.45) is 0 Å². The summed E-state index contributed by atoms with van der Waals surface area (Å²) in [5, 5.41) is 0. The summed E-state index contributed by atoms with van der Waals surface area (Å²) in [6, 6.07) is 12.9. The third kappa shape index (κ3) is 3.72. The van der Waals surface area contributed by atoms with E-state index in [1.165, 1.54) is 17.0 Å². The lowest BCUT2D eigenvalue weighted by atomic mass is 10.2. The fourth-order valence-corrected chi connectivity index (χ4v) is 1.98. The standard InChI is InChI=1S/C16H17FN2O2/c1-2-19(13-7-5-6-12(17)10-13)16(20)11-21-15-9-4-3-8-14(15)18/h3-10H,2,11,18H2,1H3. The van der Waals surface area contributed by atoms with Gasteiger partial charge in [-0.15, -0.1) is 0 Å². The van der Waals surface area contributed by atoms with Gasteiger partial charge in [0.05, 0.1) is 5.69 Å². The third-order valence-electron chi connectivity index (χ3n) is 3.01. The van der Waals surface area contributed by atoms with Gasteiger partial charge in [-0.05, 0) is 37.3 Å². The van der Waals surface area contributed by atoms with Crippen LogP contribution in [0.5, 0.6) is 5.75 Å². The quantitative estimate of drug-likeness (QED) is 0.861. The number of carbonyl (C=O) groups excluding carboxylic acids is 1. The second-order valence-corrected chi connectivity index (χ2v) is 4.44. The zero-order valence-corrected chi connectivity index (χ0v) is 11.8. The molecular weight excluding hydrogens is 271 g/mol. The normalized spacial score (nSPS) is 10.2. The molecule has 0 bridgehead atoms. The van der Waals surface area contributed by atoms with E-state index in [9.17, 15) is 9.18 Å². The topological polar surface area (TPSA) is 55.6 Å². The Balaban J connectivity index is 2.06. The molecule has 0 saturated carbocycles. The van der Waals surface area contributed by atoms with E-state index < -0.39 is 0 Å². The largest absolute Gasteiger partial charge is 0.482 e. The molecule has 110 valence electrons. The van der Waals surface area contributed by atoms with Crippen LogP contribution < -0.4 is 15.4 Å². The Kier molecular flexibility index (Phi) is 4.77. The van der Waals surface area contributed by atoms with Crippen molar-refractivity contribution < 1.29 is 13.9 Å². The van der Waals surface area contributed by atoms with Gasteiger partial charge in [0.1, 0.15) is 11.6 Å². The number of hydrogen-bond acceptors (Lipinski definition) is 3. The molecule has 5 heteroatoms. The molecule has 21 heavy (non-hydrogen) atoms. The molecule has 0 saturated heterocycles. The molecular formula is C16H17FN2O2. The summed E-state index contributed by atoms with van der Waals surface area (Å²) in [5.41, 5.74) is 6.72. The number of anilines is 2. The number of para-hydroxylation sites is 2. The van der Waals surface area contributed by atoms with Gasteiger partial charge in [0, 0.05) is 12.2 Å². The highest BCUT2D eigenvalue weighted by molar-refractivity contribution is 5.94. The Morgan fingerprint density at radius 1 is 1.24 bits per heavy atom. The number of benzene rings is 2. The highest BCUT2D eigenvalue weighted by Gasteiger charge is 2.15. The van der Waals surface area contributed by atoms with Crippen LogP contribution in [0.4, 0.5) is 15.8 Å². The lowest BCUT2D eigenvalue weighted by Crippen LogP contribution is -2.34. The minimum absolute atomic E-state index is 0.154. The number of likely N-dealkylation sites (N-methyl/N-ethyl adjacent to an activating group) is 1. The highest BCUT2D eigenvalue weighted by atomic mass is 19.1. The van der Waals surface area contributed by atoms with E-state index in [1.54, 1.807) is 36.4 Å². The van der Waals surface area contributed by atoms with Crippen LogP contribution in [0.25, 0.3) is 0 Å². The fraction of sp³-hybridized carbons (Fsp3) is 0.188. The van der Waals surface area contributed by atoms with Crippen LogP contribution in [-0.2, 0) is 4.79 Å². The zero-order valence-electron chi connectivity index (χ0n) is 11.8. The molecule has 0 heterocycles. The van der Waals surface area contributed by atoms with Crippen molar-refractivity contribution >= 4 is 17.3 Å². The van der Waals surface area contributed by atoms with Gasteiger partial charge in [-0.2, -0.15) is 0 Å². The van der Waals surface area contributed by atoms with Gasteiger partial charge in [-0.1, -0.05) is 18.2 Å². The maximum absolute atomic E-state index is 13.2. The van der Waals surface area contributed by atoms with Gasteiger partial charge < -0.3 is 15.4 Å². The Morgan fingerprint density at radius 3 is 2.67 bits per heavy atom. The van der Waals surface area contributed by atoms with Crippen molar-refractivity contribution in [3.63, 3.8) is 0 Å². The first-order valence-electron chi connectivity index (χ1n) is 6.65. The molecule has 0 aliphatic heterocycles. The lowest BCUT2D eigenvalue weighted by Gasteiger charge is -2.21. The Hall–Kier alpha value is -2.56. The lowest BCUT2D eigenvalue weighted by molar-refractivity contribution is -0.120. The van der Waals surface area contributed by atoms with Crippen molar-refractivity contribution in [2.75, 3.05) is 23.8 Å². The van der Waals surface area contributed by atoms with Crippen molar-refractivity contribution in [1.29, 1.82) is 0 Å². The van der Waals surface area contributed by atoms with E-state index in [0.717, 1.165) is 0 Å². The second kappa shape index (κ2) is 6.74. The number of nitrogens with zero attached hydrogens (tertiary/aromatic N) is 1. The fourth-order valence-electron chi connectivity index (χ4n) is 1.98. The SMILES string of the molecule is CCN(C(=O)COc1ccccc1N)c1cccc(F)c1. The maximum Gasteiger partial charge on any atom is 0.264 e. The van der Waals surface area contributed by atoms with E-state index in [-0.39, 0.29) is 18.3 Å². The van der Waals surface area contributed by atoms with Crippen LogP contribution in [0.3, 0.4) is 0 Å². The molecule has 0 aromatic heterocycles. The number of nitrogen functional groups attached to an aromatic ring is 1. The first-order valence-corrected chi connectivity index (χ1v) is 6.65. The average Bonchev–Trinajstić information content (AvgIpc) is 2.47. The summed E-state index contributed by atoms with van der Waals surface area (Å²) in [7, 11) is 0. The molecule has 0 radical (unpaired) electrons. The summed E-state index contributed by atoms with van der Waals surface area (Å²) in [5.74, 6) is -0.181. The molecule has 2 N–H and O–H groups in total. The minimum atomic E-state index is -0.382. The molecule has 0 atom stereocenters. The first-order chi connectivity index (χ1) is 10.1. The number of carbonyl (C=O) groups is 1. The highest BCUT2D eigenvalue weighted by Crippen LogP contribution is 2.20. The molecule has 2 aromatic rings. The third-order valence-corrected chi connectivity index (χ3v) is 3.01. The van der Waals surface area contributed by atoms with Crippen LogP contribution in [0.15, 0.2) is 48.5 Å². The van der Waals surface area contributed by atoms with E-state index in [0.29, 0.717) is 23.7 Å². The molecule has 2 aromatic carbocycles. The minimum Gasteiger partial charge on any atom is -0.482 e. The van der Waals surface area contributed by atoms with Crippen LogP contribution >= 0.6 is 0 Å². The molecule has 0 aliphatic rings. The van der Waals surface area contributed by atoms with Gasteiger partial charge in [-0.3, -0.25) is 4.79 Å². The molecule has 0 unspecified atom stereocenters. The van der Waals surface area contributed by atoms with Crippen LogP contribution in [0.2, 0.25) is 0 Å². The van der Waals surface area contributed by atoms with Crippen molar-refractivity contribution in [3.8, 4) is 5.75 Å². The van der Waals surface area contributed by atoms with Gasteiger partial charge >= 0.3 is 0 Å². The number of amides is 1. The maximum atomic E-state index is 13.2. The number of nitrogens with two attached hydrogens (primary N) is 1. The van der Waals surface area contributed by atoms with E-state index in [2.05, 4.69) is 0 Å². The first kappa shape index (κ1) is 14.8. The predicted octanol–water partition coefficient (Wildman–Crippen LogP) is 2.84. The number of ether oxygens (including phenoxy) is 1.